The Kier molecular flexibility index (Phi) is 3.94. The monoisotopic (exact) mass is 257 g/mol. The molecular weight excluding hydrogens is 238 g/mol. The molecular formula is C14H19N5. The number of rotatable bonds is 4. The molecule has 0 saturated carbocycles. The average Bonchev–Trinajstić information content (AvgIpc) is 2.33. The van der Waals surface area contributed by atoms with Crippen molar-refractivity contribution >= 4 is 17.5 Å². The molecule has 1 aromatic heterocycles. The third kappa shape index (κ3) is 3.64. The van der Waals surface area contributed by atoms with Crippen LogP contribution >= 0.6 is 0 Å². The van der Waals surface area contributed by atoms with E-state index in [0.717, 1.165) is 11.5 Å². The number of hydrogen-bond donors (Lipinski definition) is 2. The van der Waals surface area contributed by atoms with Gasteiger partial charge in [-0.25, -0.2) is 0 Å². The quantitative estimate of drug-likeness (QED) is 0.881. The first-order chi connectivity index (χ1) is 9.04. The Balaban J connectivity index is 2.16. The lowest BCUT2D eigenvalue weighted by atomic mass is 10.1. The molecule has 0 saturated heterocycles. The van der Waals surface area contributed by atoms with Gasteiger partial charge in [-0.3, -0.25) is 0 Å². The van der Waals surface area contributed by atoms with E-state index >= 15 is 0 Å². The van der Waals surface area contributed by atoms with Gasteiger partial charge in [-0.2, -0.15) is 10.1 Å². The highest BCUT2D eigenvalue weighted by molar-refractivity contribution is 5.56. The van der Waals surface area contributed by atoms with Crippen molar-refractivity contribution in [2.45, 2.75) is 33.7 Å². The van der Waals surface area contributed by atoms with Crippen molar-refractivity contribution in [3.05, 3.63) is 35.5 Å². The predicted octanol–water partition coefficient (Wildman–Crippen LogP) is 3.05. The van der Waals surface area contributed by atoms with Gasteiger partial charge in [0.2, 0.25) is 5.95 Å². The standard InChI is InChI=1S/C14H19N5/c1-9(2)16-13-8-15-19-14(18-13)17-12-6-5-10(3)11(4)7-12/h5-9H,1-4H3,(H2,16,17,18,19). The van der Waals surface area contributed by atoms with Crippen LogP contribution in [0.1, 0.15) is 25.0 Å². The second kappa shape index (κ2) is 5.65. The summed E-state index contributed by atoms with van der Waals surface area (Å²) in [5, 5.41) is 14.3. The van der Waals surface area contributed by atoms with E-state index in [1.54, 1.807) is 6.20 Å². The SMILES string of the molecule is Cc1ccc(Nc2nncc(NC(C)C)n2)cc1C. The smallest absolute Gasteiger partial charge is 0.249 e. The highest BCUT2D eigenvalue weighted by atomic mass is 15.3. The fraction of sp³-hybridized carbons (Fsp3) is 0.357. The van der Waals surface area contributed by atoms with Crippen LogP contribution < -0.4 is 10.6 Å². The number of aromatic nitrogens is 3. The molecule has 0 bridgehead atoms. The number of hydrogen-bond acceptors (Lipinski definition) is 5. The third-order valence-corrected chi connectivity index (χ3v) is 2.76. The van der Waals surface area contributed by atoms with Gasteiger partial charge >= 0.3 is 0 Å². The lowest BCUT2D eigenvalue weighted by Gasteiger charge is -2.10. The minimum Gasteiger partial charge on any atom is -0.366 e. The van der Waals surface area contributed by atoms with Crippen molar-refractivity contribution in [3.63, 3.8) is 0 Å². The Labute approximate surface area is 113 Å². The van der Waals surface area contributed by atoms with Crippen LogP contribution in [0.2, 0.25) is 0 Å². The van der Waals surface area contributed by atoms with Gasteiger partial charge in [0, 0.05) is 11.7 Å². The Morgan fingerprint density at radius 3 is 2.58 bits per heavy atom. The number of anilines is 3. The maximum absolute atomic E-state index is 4.36. The lowest BCUT2D eigenvalue weighted by molar-refractivity contribution is 0.873. The number of aryl methyl sites for hydroxylation is 2. The molecule has 19 heavy (non-hydrogen) atoms. The fourth-order valence-corrected chi connectivity index (χ4v) is 1.67. The summed E-state index contributed by atoms with van der Waals surface area (Å²) in [6.07, 6.45) is 1.62. The Morgan fingerprint density at radius 1 is 1.11 bits per heavy atom. The molecule has 0 aliphatic heterocycles. The van der Waals surface area contributed by atoms with Crippen LogP contribution in [-0.2, 0) is 0 Å². The van der Waals surface area contributed by atoms with Gasteiger partial charge in [0.1, 0.15) is 0 Å². The normalized spacial score (nSPS) is 10.6. The molecule has 1 aromatic carbocycles. The topological polar surface area (TPSA) is 62.7 Å². The molecule has 2 aromatic rings. The zero-order valence-corrected chi connectivity index (χ0v) is 11.7. The molecule has 2 N–H and O–H groups in total. The Bertz CT molecular complexity index is 566. The Morgan fingerprint density at radius 2 is 1.89 bits per heavy atom. The van der Waals surface area contributed by atoms with E-state index < -0.39 is 0 Å². The summed E-state index contributed by atoms with van der Waals surface area (Å²) in [5.41, 5.74) is 3.46. The van der Waals surface area contributed by atoms with Gasteiger partial charge in [0.05, 0.1) is 6.20 Å². The van der Waals surface area contributed by atoms with Crippen LogP contribution in [0.4, 0.5) is 17.5 Å². The first kappa shape index (κ1) is 13.3. The van der Waals surface area contributed by atoms with E-state index in [9.17, 15) is 0 Å². The van der Waals surface area contributed by atoms with Crippen molar-refractivity contribution in [2.24, 2.45) is 0 Å². The van der Waals surface area contributed by atoms with Crippen LogP contribution in [0.5, 0.6) is 0 Å². The highest BCUT2D eigenvalue weighted by Crippen LogP contribution is 2.17. The summed E-state index contributed by atoms with van der Waals surface area (Å²) >= 11 is 0. The summed E-state index contributed by atoms with van der Waals surface area (Å²) in [7, 11) is 0. The second-order valence-electron chi connectivity index (χ2n) is 4.89. The van der Waals surface area contributed by atoms with Gasteiger partial charge in [0.25, 0.3) is 0 Å². The van der Waals surface area contributed by atoms with Gasteiger partial charge < -0.3 is 10.6 Å². The van der Waals surface area contributed by atoms with Crippen LogP contribution in [0, 0.1) is 13.8 Å². The Hall–Kier alpha value is -2.17. The number of nitrogens with one attached hydrogen (secondary N) is 2. The molecule has 2 rings (SSSR count). The molecule has 0 radical (unpaired) electrons. The molecule has 0 amide bonds. The van der Waals surface area contributed by atoms with Crippen molar-refractivity contribution in [2.75, 3.05) is 10.6 Å². The van der Waals surface area contributed by atoms with Gasteiger partial charge in [-0.15, -0.1) is 5.10 Å². The molecule has 5 heteroatoms. The molecule has 0 aliphatic carbocycles. The summed E-state index contributed by atoms with van der Waals surface area (Å²) < 4.78 is 0. The molecule has 100 valence electrons. The first-order valence-corrected chi connectivity index (χ1v) is 6.35. The predicted molar refractivity (Wildman–Crippen MR) is 77.8 cm³/mol. The van der Waals surface area contributed by atoms with E-state index in [1.807, 2.05) is 6.07 Å². The van der Waals surface area contributed by atoms with E-state index in [0.29, 0.717) is 12.0 Å². The summed E-state index contributed by atoms with van der Waals surface area (Å²) in [6, 6.07) is 6.46. The van der Waals surface area contributed by atoms with Gasteiger partial charge in [-0.05, 0) is 51.0 Å². The summed E-state index contributed by atoms with van der Waals surface area (Å²) in [5.74, 6) is 1.21. The zero-order valence-electron chi connectivity index (χ0n) is 11.7. The summed E-state index contributed by atoms with van der Waals surface area (Å²) in [6.45, 7) is 8.28. The minimum atomic E-state index is 0.311. The molecule has 5 nitrogen and oxygen atoms in total. The van der Waals surface area contributed by atoms with Crippen molar-refractivity contribution < 1.29 is 0 Å². The number of benzene rings is 1. The van der Waals surface area contributed by atoms with Crippen molar-refractivity contribution in [3.8, 4) is 0 Å². The number of nitrogens with zero attached hydrogens (tertiary/aromatic N) is 3. The molecule has 0 aliphatic rings. The van der Waals surface area contributed by atoms with E-state index in [2.05, 4.69) is 65.6 Å². The average molecular weight is 257 g/mol. The molecule has 0 spiro atoms. The van der Waals surface area contributed by atoms with Gasteiger partial charge in [0.15, 0.2) is 5.82 Å². The third-order valence-electron chi connectivity index (χ3n) is 2.76. The van der Waals surface area contributed by atoms with Gasteiger partial charge in [-0.1, -0.05) is 6.07 Å². The van der Waals surface area contributed by atoms with Crippen LogP contribution in [0.3, 0.4) is 0 Å². The molecule has 0 fully saturated rings. The van der Waals surface area contributed by atoms with E-state index in [1.165, 1.54) is 11.1 Å². The molecule has 0 atom stereocenters. The molecule has 1 heterocycles. The van der Waals surface area contributed by atoms with E-state index in [-0.39, 0.29) is 0 Å². The minimum absolute atomic E-state index is 0.311. The molecule has 0 unspecified atom stereocenters. The second-order valence-corrected chi connectivity index (χ2v) is 4.89. The van der Waals surface area contributed by atoms with Crippen LogP contribution in [0.15, 0.2) is 24.4 Å². The maximum atomic E-state index is 4.36. The van der Waals surface area contributed by atoms with Crippen molar-refractivity contribution in [1.82, 2.24) is 15.2 Å². The van der Waals surface area contributed by atoms with Crippen molar-refractivity contribution in [1.29, 1.82) is 0 Å². The van der Waals surface area contributed by atoms with Crippen LogP contribution in [-0.4, -0.2) is 21.2 Å². The first-order valence-electron chi connectivity index (χ1n) is 6.35. The van der Waals surface area contributed by atoms with E-state index in [4.69, 9.17) is 0 Å². The van der Waals surface area contributed by atoms with Crippen LogP contribution in [0.25, 0.3) is 0 Å². The largest absolute Gasteiger partial charge is 0.366 e. The fourth-order valence-electron chi connectivity index (χ4n) is 1.67. The summed E-state index contributed by atoms with van der Waals surface area (Å²) in [4.78, 5) is 4.36. The highest BCUT2D eigenvalue weighted by Gasteiger charge is 2.03. The lowest BCUT2D eigenvalue weighted by Crippen LogP contribution is -2.12. The zero-order chi connectivity index (χ0) is 13.8. The maximum Gasteiger partial charge on any atom is 0.249 e.